The van der Waals surface area contributed by atoms with Gasteiger partial charge >= 0.3 is 236 Å². The molecular weight excluding hydrogens is 630 g/mol. The molecule has 13 heteroatoms. The number of rotatable bonds is 13. The van der Waals surface area contributed by atoms with Crippen LogP contribution < -0.4 is 31.5 Å². The Labute approximate surface area is 235 Å². The minimum absolute atomic E-state index is 0.0130. The molecule has 216 valence electrons. The first-order valence-corrected chi connectivity index (χ1v) is 16.8. The molecule has 0 spiro atoms. The number of alkyl halides is 1. The maximum atomic E-state index is 15.0. The van der Waals surface area contributed by atoms with Crippen LogP contribution in [0.2, 0.25) is 0 Å². The van der Waals surface area contributed by atoms with E-state index in [0.717, 1.165) is 45.1 Å². The summed E-state index contributed by atoms with van der Waals surface area (Å²) in [6, 6.07) is 3.99. The number of benzene rings is 1. The van der Waals surface area contributed by atoms with E-state index < -0.39 is 43.1 Å². The quantitative estimate of drug-likeness (QED) is 0.158. The van der Waals surface area contributed by atoms with Gasteiger partial charge in [0, 0.05) is 0 Å². The van der Waals surface area contributed by atoms with Gasteiger partial charge in [-0.15, -0.1) is 0 Å². The standard InChI is InChI=1S/C25H40FIN4O6S/c1-30(2)16-13-19(18-37-20-9-5-3-6-10-20)28-23-12-11-21(17-22(23)27-31(33)34)38(35,36)29-24(32)25(26)14-7-4-8-15-25/h11-12,17,19-20,28H,3-10,13-16,18H2,1-2H3,(H,29,32)(H,33,34)/t19-/m1/s1. The zero-order valence-electron chi connectivity index (χ0n) is 22.1. The van der Waals surface area contributed by atoms with Crippen LogP contribution in [-0.2, 0) is 19.6 Å². The number of hydrogen-bond donors (Lipinski definition) is 3. The van der Waals surface area contributed by atoms with Gasteiger partial charge in [0.1, 0.15) is 0 Å². The van der Waals surface area contributed by atoms with Crippen molar-refractivity contribution >= 4 is 21.6 Å². The monoisotopic (exact) mass is 670 g/mol. The van der Waals surface area contributed by atoms with E-state index in [1.54, 1.807) is 0 Å². The summed E-state index contributed by atoms with van der Waals surface area (Å²) in [4.78, 5) is 25.9. The molecule has 2 aliphatic carbocycles. The third-order valence-electron chi connectivity index (χ3n) is 7.06. The summed E-state index contributed by atoms with van der Waals surface area (Å²) in [5.41, 5.74) is -1.69. The van der Waals surface area contributed by atoms with Gasteiger partial charge in [0.05, 0.1) is 0 Å². The van der Waals surface area contributed by atoms with Gasteiger partial charge in [0.25, 0.3) is 0 Å². The third-order valence-corrected chi connectivity index (χ3v) is 10.2. The van der Waals surface area contributed by atoms with Crippen molar-refractivity contribution in [2.75, 3.05) is 32.6 Å². The van der Waals surface area contributed by atoms with Gasteiger partial charge < -0.3 is 0 Å². The third kappa shape index (κ3) is 9.26. The number of ether oxygens (including phenoxy) is 1. The Morgan fingerprint density at radius 1 is 1.21 bits per heavy atom. The van der Waals surface area contributed by atoms with Gasteiger partial charge in [-0.3, -0.25) is 0 Å². The van der Waals surface area contributed by atoms with Crippen LogP contribution in [0, 0.1) is 8.48 Å². The van der Waals surface area contributed by atoms with Crippen LogP contribution in [0.15, 0.2) is 23.1 Å². The Morgan fingerprint density at radius 3 is 2.50 bits per heavy atom. The van der Waals surface area contributed by atoms with Crippen molar-refractivity contribution in [3.63, 3.8) is 0 Å². The molecule has 0 unspecified atom stereocenters. The second-order valence-corrected chi connectivity index (χ2v) is 14.6. The Hall–Kier alpha value is -1.58. The number of carbonyl (C=O) groups excluding carboxylic acids is 1. The van der Waals surface area contributed by atoms with Crippen molar-refractivity contribution in [3.05, 3.63) is 26.7 Å². The van der Waals surface area contributed by atoms with E-state index in [1.165, 1.54) is 24.6 Å². The van der Waals surface area contributed by atoms with Crippen LogP contribution >= 0.6 is 0 Å². The number of carbonyl (C=O) groups is 1. The summed E-state index contributed by atoms with van der Waals surface area (Å²) in [5, 5.41) is 12.8. The van der Waals surface area contributed by atoms with Crippen LogP contribution in [0.4, 0.5) is 10.1 Å². The van der Waals surface area contributed by atoms with Gasteiger partial charge in [0.2, 0.25) is 0 Å². The number of halogens is 2. The van der Waals surface area contributed by atoms with Crippen LogP contribution in [-0.4, -0.2) is 72.6 Å². The van der Waals surface area contributed by atoms with Crippen LogP contribution in [0.5, 0.6) is 0 Å². The predicted octanol–water partition coefficient (Wildman–Crippen LogP) is 0.587. The molecule has 2 fully saturated rings. The molecule has 3 rings (SSSR count). The predicted molar refractivity (Wildman–Crippen MR) is 136 cm³/mol. The molecule has 38 heavy (non-hydrogen) atoms. The molecular formula is C25H40FIN4O6S. The second-order valence-electron chi connectivity index (χ2n) is 10.4. The van der Waals surface area contributed by atoms with E-state index in [4.69, 9.17) is 4.74 Å². The van der Waals surface area contributed by atoms with E-state index in [0.29, 0.717) is 28.7 Å². The minimum atomic E-state index is -4.38. The molecule has 0 heterocycles. The summed E-state index contributed by atoms with van der Waals surface area (Å²) in [5.74, 6) is -1.16. The summed E-state index contributed by atoms with van der Waals surface area (Å²) in [6.45, 7) is 1.23. The molecule has 3 N–H and O–H groups in total. The molecule has 1 aromatic carbocycles. The molecule has 1 aromatic rings. The van der Waals surface area contributed by atoms with Gasteiger partial charge in [-0.05, 0) is 0 Å². The molecule has 0 bridgehead atoms. The molecule has 0 radical (unpaired) electrons. The van der Waals surface area contributed by atoms with E-state index >= 15 is 4.39 Å². The molecule has 1 amide bonds. The second kappa shape index (κ2) is 14.2. The molecule has 1 atom stereocenters. The zero-order chi connectivity index (χ0) is 27.8. The van der Waals surface area contributed by atoms with Crippen molar-refractivity contribution in [2.24, 2.45) is 0 Å². The number of sulfonamides is 1. The summed E-state index contributed by atoms with van der Waals surface area (Å²) in [6.07, 6.45) is 8.38. The van der Waals surface area contributed by atoms with E-state index in [1.807, 2.05) is 18.8 Å². The average Bonchev–Trinajstić information content (AvgIpc) is 2.87. The first kappa shape index (κ1) is 31.0. The van der Waals surface area contributed by atoms with E-state index in [2.05, 4.69) is 10.2 Å². The molecule has 10 nitrogen and oxygen atoms in total. The van der Waals surface area contributed by atoms with Crippen molar-refractivity contribution in [1.29, 1.82) is 0 Å². The Balaban J connectivity index is 1.78. The van der Waals surface area contributed by atoms with E-state index in [9.17, 15) is 23.3 Å². The van der Waals surface area contributed by atoms with E-state index in [-0.39, 0.29) is 33.0 Å². The Kier molecular flexibility index (Phi) is 11.5. The molecule has 2 aliphatic rings. The number of nitrogens with zero attached hydrogens (tertiary/aromatic N) is 2. The van der Waals surface area contributed by atoms with Crippen molar-refractivity contribution in [1.82, 2.24) is 9.62 Å². The van der Waals surface area contributed by atoms with Gasteiger partial charge in [-0.25, -0.2) is 0 Å². The summed E-state index contributed by atoms with van der Waals surface area (Å²) >= 11 is -1.67. The van der Waals surface area contributed by atoms with Crippen molar-refractivity contribution < 1.29 is 52.2 Å². The summed E-state index contributed by atoms with van der Waals surface area (Å²) < 4.78 is 49.2. The Bertz CT molecular complexity index is 1060. The maximum absolute atomic E-state index is 15.0. The first-order chi connectivity index (χ1) is 18.0. The fourth-order valence-corrected chi connectivity index (χ4v) is 7.65. The number of hydrogen-bond acceptors (Lipinski definition) is 7. The fraction of sp³-hybridized carbons (Fsp3) is 0.720. The zero-order valence-corrected chi connectivity index (χ0v) is 25.1. The number of amides is 1. The van der Waals surface area contributed by atoms with Crippen molar-refractivity contribution in [3.8, 4) is 0 Å². The Morgan fingerprint density at radius 2 is 1.87 bits per heavy atom. The van der Waals surface area contributed by atoms with Gasteiger partial charge in [-0.1, -0.05) is 0 Å². The first-order valence-electron chi connectivity index (χ1n) is 13.2. The molecule has 2 saturated carbocycles. The average molecular weight is 671 g/mol. The number of anilines is 1. The molecule has 0 aliphatic heterocycles. The van der Waals surface area contributed by atoms with Gasteiger partial charge in [0.15, 0.2) is 0 Å². The van der Waals surface area contributed by atoms with Crippen LogP contribution in [0.25, 0.3) is 0 Å². The van der Waals surface area contributed by atoms with Gasteiger partial charge in [-0.2, -0.15) is 0 Å². The van der Waals surface area contributed by atoms with Crippen molar-refractivity contribution in [2.45, 2.75) is 93.3 Å². The van der Waals surface area contributed by atoms with Crippen LogP contribution in [0.3, 0.4) is 0 Å². The molecule has 0 aromatic heterocycles. The number of nitrogens with one attached hydrogen (secondary N) is 2. The molecule has 0 saturated heterocycles. The SMILES string of the molecule is CN(C)CC[C@H](COC1CCCCC1)Nc1ccc(S(=O)(=O)NC(=O)C2(F)CCCCC2)cc1[I-][N+](=O)O. The normalized spacial score (nSPS) is 19.3. The fourth-order valence-electron chi connectivity index (χ4n) is 4.85. The summed E-state index contributed by atoms with van der Waals surface area (Å²) in [7, 11) is -0.436. The van der Waals surface area contributed by atoms with Crippen LogP contribution in [0.1, 0.15) is 70.6 Å². The topological polar surface area (TPSA) is 128 Å².